The Bertz CT molecular complexity index is 472. The molecule has 2 N–H and O–H groups in total. The van der Waals surface area contributed by atoms with Crippen LogP contribution in [-0.2, 0) is 10.0 Å². The summed E-state index contributed by atoms with van der Waals surface area (Å²) in [6.07, 6.45) is 2.05. The lowest BCUT2D eigenvalue weighted by Gasteiger charge is -2.08. The molecular weight excluding hydrogens is 360 g/mol. The van der Waals surface area contributed by atoms with Crippen molar-refractivity contribution < 1.29 is 8.42 Å². The van der Waals surface area contributed by atoms with E-state index in [2.05, 4.69) is 26.0 Å². The van der Waals surface area contributed by atoms with E-state index in [0.717, 1.165) is 29.7 Å². The van der Waals surface area contributed by atoms with Gasteiger partial charge in [-0.15, -0.1) is 23.7 Å². The molecule has 104 valence electrons. The van der Waals surface area contributed by atoms with E-state index < -0.39 is 10.0 Å². The van der Waals surface area contributed by atoms with E-state index in [1.54, 1.807) is 12.1 Å². The number of nitrogens with one attached hydrogen (secondary N) is 2. The van der Waals surface area contributed by atoms with E-state index in [9.17, 15) is 8.42 Å². The Hall–Kier alpha value is 0.340. The second-order valence-corrected chi connectivity index (χ2v) is 8.56. The van der Waals surface area contributed by atoms with E-state index in [1.807, 2.05) is 0 Å². The standard InChI is InChI=1S/C10H15BrN2O2S2.ClH/c11-9-1-2-10(16-9)17(14,15)13-6-4-8-3-5-12-7-8;/h1-2,8,12-13H,3-7H2;1H. The van der Waals surface area contributed by atoms with Gasteiger partial charge in [0.15, 0.2) is 0 Å². The molecule has 1 fully saturated rings. The van der Waals surface area contributed by atoms with Crippen LogP contribution in [0.15, 0.2) is 20.1 Å². The summed E-state index contributed by atoms with van der Waals surface area (Å²) in [6, 6.07) is 3.37. The van der Waals surface area contributed by atoms with E-state index in [1.165, 1.54) is 11.3 Å². The molecule has 1 saturated heterocycles. The predicted octanol–water partition coefficient (Wildman–Crippen LogP) is 2.21. The molecule has 1 atom stereocenters. The van der Waals surface area contributed by atoms with E-state index in [0.29, 0.717) is 16.7 Å². The highest BCUT2D eigenvalue weighted by Crippen LogP contribution is 2.25. The molecule has 2 heterocycles. The van der Waals surface area contributed by atoms with Gasteiger partial charge >= 0.3 is 0 Å². The van der Waals surface area contributed by atoms with Crippen LogP contribution < -0.4 is 10.0 Å². The van der Waals surface area contributed by atoms with Gasteiger partial charge in [0.2, 0.25) is 10.0 Å². The topological polar surface area (TPSA) is 58.2 Å². The molecule has 1 aromatic rings. The smallest absolute Gasteiger partial charge is 0.250 e. The van der Waals surface area contributed by atoms with Crippen LogP contribution in [-0.4, -0.2) is 28.1 Å². The first kappa shape index (κ1) is 16.4. The molecule has 0 aromatic carbocycles. The zero-order valence-electron chi connectivity index (χ0n) is 9.69. The Labute approximate surface area is 126 Å². The van der Waals surface area contributed by atoms with Gasteiger partial charge in [-0.1, -0.05) is 0 Å². The Balaban J connectivity index is 0.00000162. The predicted molar refractivity (Wildman–Crippen MR) is 80.0 cm³/mol. The van der Waals surface area contributed by atoms with Crippen molar-refractivity contribution in [3.8, 4) is 0 Å². The highest BCUT2D eigenvalue weighted by molar-refractivity contribution is 9.11. The lowest BCUT2D eigenvalue weighted by atomic mass is 10.1. The van der Waals surface area contributed by atoms with Crippen molar-refractivity contribution in [2.45, 2.75) is 17.1 Å². The van der Waals surface area contributed by atoms with Crippen LogP contribution in [0, 0.1) is 5.92 Å². The van der Waals surface area contributed by atoms with Gasteiger partial charge in [-0.3, -0.25) is 0 Å². The number of sulfonamides is 1. The highest BCUT2D eigenvalue weighted by Gasteiger charge is 2.18. The fourth-order valence-corrected chi connectivity index (χ4v) is 4.97. The third kappa shape index (κ3) is 4.47. The quantitative estimate of drug-likeness (QED) is 0.829. The third-order valence-electron chi connectivity index (χ3n) is 2.82. The summed E-state index contributed by atoms with van der Waals surface area (Å²) < 4.78 is 27.6. The summed E-state index contributed by atoms with van der Waals surface area (Å²) in [5.41, 5.74) is 0. The molecular formula is C10H16BrClN2O2S2. The molecule has 0 radical (unpaired) electrons. The fourth-order valence-electron chi connectivity index (χ4n) is 1.87. The van der Waals surface area contributed by atoms with E-state index in [-0.39, 0.29) is 12.4 Å². The largest absolute Gasteiger partial charge is 0.316 e. The maximum Gasteiger partial charge on any atom is 0.250 e. The van der Waals surface area contributed by atoms with Gasteiger partial charge in [0.25, 0.3) is 0 Å². The molecule has 0 amide bonds. The SMILES string of the molecule is Cl.O=S(=O)(NCCC1CCNC1)c1ccc(Br)s1. The number of rotatable bonds is 5. The fraction of sp³-hybridized carbons (Fsp3) is 0.600. The number of halogens is 2. The van der Waals surface area contributed by atoms with Gasteiger partial charge in [0.1, 0.15) is 4.21 Å². The minimum Gasteiger partial charge on any atom is -0.316 e. The average Bonchev–Trinajstić information content (AvgIpc) is 2.89. The van der Waals surface area contributed by atoms with Crippen molar-refractivity contribution in [3.05, 3.63) is 15.9 Å². The summed E-state index contributed by atoms with van der Waals surface area (Å²) in [6.45, 7) is 2.58. The molecule has 8 heteroatoms. The van der Waals surface area contributed by atoms with E-state index in [4.69, 9.17) is 0 Å². The average molecular weight is 376 g/mol. The van der Waals surface area contributed by atoms with Crippen molar-refractivity contribution in [1.29, 1.82) is 0 Å². The van der Waals surface area contributed by atoms with Crippen molar-refractivity contribution in [2.24, 2.45) is 5.92 Å². The van der Waals surface area contributed by atoms with Gasteiger partial charge in [0.05, 0.1) is 3.79 Å². The maximum absolute atomic E-state index is 11.9. The van der Waals surface area contributed by atoms with Crippen molar-refractivity contribution in [3.63, 3.8) is 0 Å². The second-order valence-electron chi connectivity index (χ2n) is 4.10. The molecule has 4 nitrogen and oxygen atoms in total. The second kappa shape index (κ2) is 7.21. The molecule has 1 aliphatic heterocycles. The molecule has 1 aromatic heterocycles. The zero-order chi connectivity index (χ0) is 12.3. The van der Waals surface area contributed by atoms with Gasteiger partial charge in [0, 0.05) is 6.54 Å². The van der Waals surface area contributed by atoms with Crippen LogP contribution in [0.4, 0.5) is 0 Å². The molecule has 18 heavy (non-hydrogen) atoms. The Morgan fingerprint density at radius 1 is 1.50 bits per heavy atom. The van der Waals surface area contributed by atoms with Crippen LogP contribution >= 0.6 is 39.7 Å². The first-order valence-electron chi connectivity index (χ1n) is 5.53. The van der Waals surface area contributed by atoms with Gasteiger partial charge in [-0.05, 0) is 59.9 Å². The van der Waals surface area contributed by atoms with Gasteiger partial charge < -0.3 is 5.32 Å². The minimum atomic E-state index is -3.31. The Kier molecular flexibility index (Phi) is 6.57. The number of hydrogen-bond acceptors (Lipinski definition) is 4. The van der Waals surface area contributed by atoms with Crippen LogP contribution in [0.2, 0.25) is 0 Å². The molecule has 1 unspecified atom stereocenters. The third-order valence-corrected chi connectivity index (χ3v) is 6.40. The number of thiophene rings is 1. The Morgan fingerprint density at radius 3 is 2.83 bits per heavy atom. The summed E-state index contributed by atoms with van der Waals surface area (Å²) in [7, 11) is -3.31. The van der Waals surface area contributed by atoms with Crippen molar-refractivity contribution >= 4 is 49.7 Å². The summed E-state index contributed by atoms with van der Waals surface area (Å²) in [5, 5.41) is 3.27. The zero-order valence-corrected chi connectivity index (χ0v) is 13.7. The monoisotopic (exact) mass is 374 g/mol. The molecule has 0 spiro atoms. The van der Waals surface area contributed by atoms with E-state index >= 15 is 0 Å². The summed E-state index contributed by atoms with van der Waals surface area (Å²) in [5.74, 6) is 0.604. The summed E-state index contributed by atoms with van der Waals surface area (Å²) in [4.78, 5) is 0. The molecule has 0 bridgehead atoms. The Morgan fingerprint density at radius 2 is 2.28 bits per heavy atom. The first-order chi connectivity index (χ1) is 8.08. The lowest BCUT2D eigenvalue weighted by molar-refractivity contribution is 0.520. The normalized spacial score (nSPS) is 19.7. The molecule has 2 rings (SSSR count). The molecule has 0 saturated carbocycles. The summed E-state index contributed by atoms with van der Waals surface area (Å²) >= 11 is 4.50. The lowest BCUT2D eigenvalue weighted by Crippen LogP contribution is -2.26. The van der Waals surface area contributed by atoms with Crippen molar-refractivity contribution in [2.75, 3.05) is 19.6 Å². The number of hydrogen-bond donors (Lipinski definition) is 2. The van der Waals surface area contributed by atoms with Crippen LogP contribution in [0.5, 0.6) is 0 Å². The van der Waals surface area contributed by atoms with Crippen LogP contribution in [0.25, 0.3) is 0 Å². The highest BCUT2D eigenvalue weighted by atomic mass is 79.9. The molecule has 0 aliphatic carbocycles. The first-order valence-corrected chi connectivity index (χ1v) is 8.63. The van der Waals surface area contributed by atoms with Gasteiger partial charge in [-0.2, -0.15) is 0 Å². The van der Waals surface area contributed by atoms with Crippen molar-refractivity contribution in [1.82, 2.24) is 10.0 Å². The minimum absolute atomic E-state index is 0. The molecule has 1 aliphatic rings. The van der Waals surface area contributed by atoms with Crippen LogP contribution in [0.1, 0.15) is 12.8 Å². The maximum atomic E-state index is 11.9. The van der Waals surface area contributed by atoms with Gasteiger partial charge in [-0.25, -0.2) is 13.1 Å². The van der Waals surface area contributed by atoms with Crippen LogP contribution in [0.3, 0.4) is 0 Å².